The van der Waals surface area contributed by atoms with Crippen LogP contribution in [0.1, 0.15) is 36.5 Å². The van der Waals surface area contributed by atoms with Crippen LogP contribution < -0.4 is 0 Å². The Morgan fingerprint density at radius 2 is 1.07 bits per heavy atom. The molecule has 0 saturated heterocycles. The average Bonchev–Trinajstić information content (AvgIpc) is 2.74. The average molecular weight is 377 g/mol. The Morgan fingerprint density at radius 1 is 0.517 bits per heavy atom. The third-order valence-corrected chi connectivity index (χ3v) is 5.71. The first-order chi connectivity index (χ1) is 14.0. The maximum Gasteiger partial charge on any atom is -0.00680 e. The van der Waals surface area contributed by atoms with Crippen LogP contribution in [0.5, 0.6) is 0 Å². The van der Waals surface area contributed by atoms with Gasteiger partial charge >= 0.3 is 0 Å². The zero-order valence-corrected chi connectivity index (χ0v) is 17.7. The topological polar surface area (TPSA) is 0 Å². The first-order valence-corrected chi connectivity index (χ1v) is 10.4. The lowest BCUT2D eigenvalue weighted by Gasteiger charge is -2.20. The zero-order chi connectivity index (χ0) is 20.4. The van der Waals surface area contributed by atoms with Gasteiger partial charge in [0.05, 0.1) is 0 Å². The van der Waals surface area contributed by atoms with Crippen molar-refractivity contribution in [2.45, 2.75) is 33.6 Å². The molecule has 0 bridgehead atoms. The van der Waals surface area contributed by atoms with E-state index in [-0.39, 0.29) is 0 Å². The van der Waals surface area contributed by atoms with Gasteiger partial charge in [-0.1, -0.05) is 110 Å². The summed E-state index contributed by atoms with van der Waals surface area (Å²) in [4.78, 5) is 0. The van der Waals surface area contributed by atoms with Gasteiger partial charge in [-0.05, 0) is 64.3 Å². The molecule has 4 aromatic carbocycles. The summed E-state index contributed by atoms with van der Waals surface area (Å²) < 4.78 is 0. The molecular formula is C29H28. The van der Waals surface area contributed by atoms with Crippen molar-refractivity contribution in [2.75, 3.05) is 0 Å². The van der Waals surface area contributed by atoms with Gasteiger partial charge in [-0.15, -0.1) is 0 Å². The van der Waals surface area contributed by atoms with Gasteiger partial charge in [-0.25, -0.2) is 0 Å². The molecule has 0 aliphatic carbocycles. The molecule has 0 amide bonds. The van der Waals surface area contributed by atoms with Gasteiger partial charge in [0.2, 0.25) is 0 Å². The van der Waals surface area contributed by atoms with Crippen LogP contribution in [-0.2, 0) is 0 Å². The summed E-state index contributed by atoms with van der Waals surface area (Å²) in [6.07, 6.45) is 0. The van der Waals surface area contributed by atoms with Crippen molar-refractivity contribution < 1.29 is 0 Å². The van der Waals surface area contributed by atoms with Gasteiger partial charge < -0.3 is 0 Å². The molecular weight excluding hydrogens is 348 g/mol. The summed E-state index contributed by atoms with van der Waals surface area (Å²) in [5.74, 6) is 0.469. The molecule has 0 aliphatic rings. The van der Waals surface area contributed by atoms with Crippen LogP contribution in [0.3, 0.4) is 0 Å². The lowest BCUT2D eigenvalue weighted by atomic mass is 9.84. The molecule has 0 heteroatoms. The van der Waals surface area contributed by atoms with Crippen LogP contribution >= 0.6 is 0 Å². The Labute approximate surface area is 174 Å². The molecule has 0 heterocycles. The highest BCUT2D eigenvalue weighted by atomic mass is 14.2. The first kappa shape index (κ1) is 19.2. The molecule has 29 heavy (non-hydrogen) atoms. The SMILES string of the molecule is Cc1ccc(-c2ccc(-c3cccc(C(C)C)c3-c3ccccc3C)cc2)cc1. The zero-order valence-electron chi connectivity index (χ0n) is 17.7. The quantitative estimate of drug-likeness (QED) is 0.335. The third-order valence-electron chi connectivity index (χ3n) is 5.71. The summed E-state index contributed by atoms with van der Waals surface area (Å²) in [5, 5.41) is 0. The molecule has 0 N–H and O–H groups in total. The molecule has 0 unspecified atom stereocenters. The van der Waals surface area contributed by atoms with Crippen molar-refractivity contribution >= 4 is 0 Å². The van der Waals surface area contributed by atoms with Gasteiger partial charge in [-0.2, -0.15) is 0 Å². The Kier molecular flexibility index (Phi) is 5.36. The minimum absolute atomic E-state index is 0.469. The number of hydrogen-bond acceptors (Lipinski definition) is 0. The Balaban J connectivity index is 1.84. The van der Waals surface area contributed by atoms with E-state index < -0.39 is 0 Å². The summed E-state index contributed by atoms with van der Waals surface area (Å²) in [6.45, 7) is 8.89. The van der Waals surface area contributed by atoms with Crippen molar-refractivity contribution in [3.05, 3.63) is 108 Å². The molecule has 4 aromatic rings. The summed E-state index contributed by atoms with van der Waals surface area (Å²) in [7, 11) is 0. The maximum absolute atomic E-state index is 2.28. The summed E-state index contributed by atoms with van der Waals surface area (Å²) >= 11 is 0. The van der Waals surface area contributed by atoms with Crippen molar-refractivity contribution in [2.24, 2.45) is 0 Å². The van der Waals surface area contributed by atoms with Gasteiger partial charge in [0.15, 0.2) is 0 Å². The van der Waals surface area contributed by atoms with Gasteiger partial charge in [-0.3, -0.25) is 0 Å². The summed E-state index contributed by atoms with van der Waals surface area (Å²) in [5.41, 5.74) is 11.8. The van der Waals surface area contributed by atoms with Crippen molar-refractivity contribution in [3.8, 4) is 33.4 Å². The summed E-state index contributed by atoms with van der Waals surface area (Å²) in [6, 6.07) is 33.2. The van der Waals surface area contributed by atoms with Crippen LogP contribution in [0.25, 0.3) is 33.4 Å². The molecule has 144 valence electrons. The molecule has 0 nitrogen and oxygen atoms in total. The fourth-order valence-electron chi connectivity index (χ4n) is 4.03. The van der Waals surface area contributed by atoms with E-state index in [9.17, 15) is 0 Å². The second-order valence-electron chi connectivity index (χ2n) is 8.18. The largest absolute Gasteiger partial charge is 0.0620 e. The lowest BCUT2D eigenvalue weighted by molar-refractivity contribution is 0.869. The Bertz CT molecular complexity index is 1110. The number of benzene rings is 4. The molecule has 0 fully saturated rings. The smallest absolute Gasteiger partial charge is 0.00680 e. The lowest BCUT2D eigenvalue weighted by Crippen LogP contribution is -1.97. The molecule has 0 spiro atoms. The standard InChI is InChI=1S/C29H28/c1-20(2)26-10-7-11-28(29(26)27-9-6-5-8-22(27)4)25-18-16-24(17-19-25)23-14-12-21(3)13-15-23/h5-20H,1-4H3. The van der Waals surface area contributed by atoms with E-state index in [0.29, 0.717) is 5.92 Å². The van der Waals surface area contributed by atoms with E-state index in [1.807, 2.05) is 0 Å². The highest BCUT2D eigenvalue weighted by Crippen LogP contribution is 2.39. The fraction of sp³-hybridized carbons (Fsp3) is 0.172. The molecule has 0 saturated carbocycles. The second-order valence-corrected chi connectivity index (χ2v) is 8.18. The maximum atomic E-state index is 2.28. The van der Waals surface area contributed by atoms with Crippen molar-refractivity contribution in [1.82, 2.24) is 0 Å². The normalized spacial score (nSPS) is 11.1. The molecule has 0 aliphatic heterocycles. The van der Waals surface area contributed by atoms with E-state index in [1.165, 1.54) is 50.1 Å². The van der Waals surface area contributed by atoms with E-state index in [1.54, 1.807) is 0 Å². The Hall–Kier alpha value is -3.12. The monoisotopic (exact) mass is 376 g/mol. The third kappa shape index (κ3) is 3.89. The first-order valence-electron chi connectivity index (χ1n) is 10.4. The van der Waals surface area contributed by atoms with Crippen LogP contribution in [-0.4, -0.2) is 0 Å². The predicted molar refractivity (Wildman–Crippen MR) is 126 cm³/mol. The molecule has 0 aromatic heterocycles. The predicted octanol–water partition coefficient (Wildman–Crippen LogP) is 8.43. The second kappa shape index (κ2) is 8.09. The van der Waals surface area contributed by atoms with Gasteiger partial charge in [0.25, 0.3) is 0 Å². The van der Waals surface area contributed by atoms with Crippen molar-refractivity contribution in [1.29, 1.82) is 0 Å². The minimum atomic E-state index is 0.469. The molecule has 0 radical (unpaired) electrons. The van der Waals surface area contributed by atoms with Crippen LogP contribution in [0.15, 0.2) is 91.0 Å². The van der Waals surface area contributed by atoms with E-state index in [0.717, 1.165) is 0 Å². The van der Waals surface area contributed by atoms with Gasteiger partial charge in [0, 0.05) is 0 Å². The Morgan fingerprint density at radius 3 is 1.69 bits per heavy atom. The van der Waals surface area contributed by atoms with Crippen LogP contribution in [0.4, 0.5) is 0 Å². The van der Waals surface area contributed by atoms with Crippen LogP contribution in [0, 0.1) is 13.8 Å². The number of aryl methyl sites for hydroxylation is 2. The number of hydrogen-bond donors (Lipinski definition) is 0. The van der Waals surface area contributed by atoms with Gasteiger partial charge in [0.1, 0.15) is 0 Å². The minimum Gasteiger partial charge on any atom is -0.0620 e. The molecule has 0 atom stereocenters. The molecule has 4 rings (SSSR count). The highest BCUT2D eigenvalue weighted by molar-refractivity contribution is 5.88. The highest BCUT2D eigenvalue weighted by Gasteiger charge is 2.16. The van der Waals surface area contributed by atoms with E-state index in [2.05, 4.69) is 119 Å². The van der Waals surface area contributed by atoms with E-state index >= 15 is 0 Å². The fourth-order valence-corrected chi connectivity index (χ4v) is 4.03. The van der Waals surface area contributed by atoms with Crippen molar-refractivity contribution in [3.63, 3.8) is 0 Å². The van der Waals surface area contributed by atoms with Crippen LogP contribution in [0.2, 0.25) is 0 Å². The number of rotatable bonds is 4. The van der Waals surface area contributed by atoms with E-state index in [4.69, 9.17) is 0 Å².